The molecule has 2 aromatic rings. The van der Waals surface area contributed by atoms with E-state index >= 15 is 0 Å². The Balaban J connectivity index is 1.76. The van der Waals surface area contributed by atoms with E-state index in [1.54, 1.807) is 0 Å². The molecule has 4 N–H and O–H groups in total. The lowest BCUT2D eigenvalue weighted by molar-refractivity contribution is -0.116. The summed E-state index contributed by atoms with van der Waals surface area (Å²) in [6, 6.07) is 16.0. The van der Waals surface area contributed by atoms with Crippen LogP contribution in [0.5, 0.6) is 0 Å². The van der Waals surface area contributed by atoms with Gasteiger partial charge >= 0.3 is 0 Å². The van der Waals surface area contributed by atoms with Gasteiger partial charge in [0.15, 0.2) is 0 Å². The van der Waals surface area contributed by atoms with E-state index in [0.29, 0.717) is 13.0 Å². The monoisotopic (exact) mass is 322 g/mol. The molecule has 0 atom stereocenters. The van der Waals surface area contributed by atoms with Crippen molar-refractivity contribution in [2.24, 2.45) is 10.8 Å². The highest BCUT2D eigenvalue weighted by molar-refractivity contribution is 6.14. The number of nitrogens with one attached hydrogen (secondary N) is 2. The topological polar surface area (TPSA) is 79.5 Å². The van der Waals surface area contributed by atoms with Crippen molar-refractivity contribution in [3.63, 3.8) is 0 Å². The predicted molar refractivity (Wildman–Crippen MR) is 96.9 cm³/mol. The summed E-state index contributed by atoms with van der Waals surface area (Å²) >= 11 is 0. The zero-order chi connectivity index (χ0) is 16.8. The maximum atomic E-state index is 12.0. The molecule has 5 heteroatoms. The van der Waals surface area contributed by atoms with Crippen molar-refractivity contribution in [3.8, 4) is 0 Å². The zero-order valence-electron chi connectivity index (χ0n) is 13.6. The molecule has 2 aromatic carbocycles. The van der Waals surface area contributed by atoms with Crippen LogP contribution in [-0.2, 0) is 11.3 Å². The van der Waals surface area contributed by atoms with Crippen LogP contribution in [0.4, 0.5) is 5.69 Å². The highest BCUT2D eigenvalue weighted by Gasteiger charge is 2.15. The Labute approximate surface area is 142 Å². The molecule has 24 heavy (non-hydrogen) atoms. The van der Waals surface area contributed by atoms with Crippen LogP contribution in [0.1, 0.15) is 36.0 Å². The molecular formula is C19H22N4O. The minimum Gasteiger partial charge on any atom is -0.330 e. The van der Waals surface area contributed by atoms with E-state index in [4.69, 9.17) is 5.73 Å². The molecule has 0 aromatic heterocycles. The third-order valence-electron chi connectivity index (χ3n) is 4.01. The SMILES string of the molecule is NCCCCC(=O)Nc1cccc(C2=NNCc3ccccc32)c1. The first-order valence-corrected chi connectivity index (χ1v) is 8.27. The molecule has 1 aliphatic rings. The summed E-state index contributed by atoms with van der Waals surface area (Å²) in [4.78, 5) is 12.0. The second kappa shape index (κ2) is 7.75. The van der Waals surface area contributed by atoms with Gasteiger partial charge in [0.2, 0.25) is 5.91 Å². The Hall–Kier alpha value is -2.66. The average molecular weight is 322 g/mol. The summed E-state index contributed by atoms with van der Waals surface area (Å²) in [5.41, 5.74) is 13.5. The second-order valence-corrected chi connectivity index (χ2v) is 5.83. The van der Waals surface area contributed by atoms with Gasteiger partial charge in [0, 0.05) is 23.2 Å². The summed E-state index contributed by atoms with van der Waals surface area (Å²) < 4.78 is 0. The Morgan fingerprint density at radius 2 is 2.04 bits per heavy atom. The number of hydrogen-bond donors (Lipinski definition) is 3. The quantitative estimate of drug-likeness (QED) is 0.715. The molecule has 0 radical (unpaired) electrons. The van der Waals surface area contributed by atoms with Crippen LogP contribution in [-0.4, -0.2) is 18.2 Å². The average Bonchev–Trinajstić information content (AvgIpc) is 2.62. The van der Waals surface area contributed by atoms with Gasteiger partial charge in [0.25, 0.3) is 0 Å². The Kier molecular flexibility index (Phi) is 5.23. The van der Waals surface area contributed by atoms with Crippen molar-refractivity contribution >= 4 is 17.3 Å². The maximum absolute atomic E-state index is 12.0. The number of nitrogens with two attached hydrogens (primary N) is 1. The maximum Gasteiger partial charge on any atom is 0.224 e. The largest absolute Gasteiger partial charge is 0.330 e. The Bertz CT molecular complexity index is 755. The van der Waals surface area contributed by atoms with E-state index in [0.717, 1.165) is 41.9 Å². The molecule has 1 aliphatic heterocycles. The number of hydrazone groups is 1. The predicted octanol–water partition coefficient (Wildman–Crippen LogP) is 2.61. The molecule has 0 saturated carbocycles. The van der Waals surface area contributed by atoms with Gasteiger partial charge in [-0.25, -0.2) is 0 Å². The molecule has 0 saturated heterocycles. The van der Waals surface area contributed by atoms with E-state index in [1.165, 1.54) is 5.56 Å². The van der Waals surface area contributed by atoms with Crippen molar-refractivity contribution in [1.82, 2.24) is 5.43 Å². The van der Waals surface area contributed by atoms with Crippen LogP contribution >= 0.6 is 0 Å². The number of unbranched alkanes of at least 4 members (excludes halogenated alkanes) is 1. The summed E-state index contributed by atoms with van der Waals surface area (Å²) in [7, 11) is 0. The number of fused-ring (bicyclic) bond motifs is 1. The number of rotatable bonds is 6. The van der Waals surface area contributed by atoms with Crippen LogP contribution in [0.25, 0.3) is 0 Å². The third-order valence-corrected chi connectivity index (χ3v) is 4.01. The number of hydrogen-bond acceptors (Lipinski definition) is 4. The Morgan fingerprint density at radius 1 is 1.17 bits per heavy atom. The summed E-state index contributed by atoms with van der Waals surface area (Å²) in [5.74, 6) is 0.0182. The van der Waals surface area contributed by atoms with E-state index in [1.807, 2.05) is 36.4 Å². The number of nitrogens with zero attached hydrogens (tertiary/aromatic N) is 1. The van der Waals surface area contributed by atoms with E-state index < -0.39 is 0 Å². The molecule has 0 spiro atoms. The summed E-state index contributed by atoms with van der Waals surface area (Å²) in [6.45, 7) is 1.35. The molecule has 5 nitrogen and oxygen atoms in total. The van der Waals surface area contributed by atoms with E-state index in [9.17, 15) is 4.79 Å². The third kappa shape index (κ3) is 3.81. The van der Waals surface area contributed by atoms with Crippen molar-refractivity contribution in [2.45, 2.75) is 25.8 Å². The summed E-state index contributed by atoms with van der Waals surface area (Å²) in [5, 5.41) is 7.41. The standard InChI is InChI=1S/C19H22N4O/c20-11-4-3-10-18(24)22-16-8-5-7-14(12-16)19-17-9-2-1-6-15(17)13-21-23-19/h1-2,5-9,12,21H,3-4,10-11,13,20H2,(H,22,24). The number of amides is 1. The van der Waals surface area contributed by atoms with Crippen LogP contribution in [0.15, 0.2) is 53.6 Å². The number of carbonyl (C=O) groups is 1. The molecule has 0 fully saturated rings. The van der Waals surface area contributed by atoms with Crippen molar-refractivity contribution in [2.75, 3.05) is 11.9 Å². The number of carbonyl (C=O) groups excluding carboxylic acids is 1. The molecule has 1 amide bonds. The normalized spacial score (nSPS) is 12.8. The van der Waals surface area contributed by atoms with Gasteiger partial charge in [-0.15, -0.1) is 0 Å². The second-order valence-electron chi connectivity index (χ2n) is 5.83. The molecule has 1 heterocycles. The molecular weight excluding hydrogens is 300 g/mol. The van der Waals surface area contributed by atoms with E-state index in [2.05, 4.69) is 28.0 Å². The van der Waals surface area contributed by atoms with Crippen LogP contribution in [0, 0.1) is 0 Å². The molecule has 3 rings (SSSR count). The van der Waals surface area contributed by atoms with Crippen molar-refractivity contribution in [1.29, 1.82) is 0 Å². The smallest absolute Gasteiger partial charge is 0.224 e. The number of anilines is 1. The van der Waals surface area contributed by atoms with Gasteiger partial charge in [0.05, 0.1) is 12.3 Å². The van der Waals surface area contributed by atoms with Gasteiger partial charge < -0.3 is 16.5 Å². The fourth-order valence-electron chi connectivity index (χ4n) is 2.79. The fourth-order valence-corrected chi connectivity index (χ4v) is 2.79. The van der Waals surface area contributed by atoms with Crippen molar-refractivity contribution in [3.05, 3.63) is 65.2 Å². The fraction of sp³-hybridized carbons (Fsp3) is 0.263. The number of benzene rings is 2. The van der Waals surface area contributed by atoms with E-state index in [-0.39, 0.29) is 5.91 Å². The molecule has 0 bridgehead atoms. The van der Waals surface area contributed by atoms with Gasteiger partial charge in [-0.05, 0) is 37.1 Å². The minimum absolute atomic E-state index is 0.0182. The summed E-state index contributed by atoms with van der Waals surface area (Å²) in [6.07, 6.45) is 2.17. The van der Waals surface area contributed by atoms with Gasteiger partial charge in [-0.3, -0.25) is 4.79 Å². The van der Waals surface area contributed by atoms with Gasteiger partial charge in [-0.1, -0.05) is 36.4 Å². The lowest BCUT2D eigenvalue weighted by atomic mass is 9.96. The Morgan fingerprint density at radius 3 is 2.92 bits per heavy atom. The van der Waals surface area contributed by atoms with Crippen LogP contribution < -0.4 is 16.5 Å². The highest BCUT2D eigenvalue weighted by atomic mass is 16.1. The van der Waals surface area contributed by atoms with Crippen LogP contribution in [0.3, 0.4) is 0 Å². The first kappa shape index (κ1) is 16.2. The minimum atomic E-state index is 0.0182. The van der Waals surface area contributed by atoms with Gasteiger partial charge in [-0.2, -0.15) is 5.10 Å². The first-order valence-electron chi connectivity index (χ1n) is 8.27. The van der Waals surface area contributed by atoms with Crippen molar-refractivity contribution < 1.29 is 4.79 Å². The highest BCUT2D eigenvalue weighted by Crippen LogP contribution is 2.21. The van der Waals surface area contributed by atoms with Crippen LogP contribution in [0.2, 0.25) is 0 Å². The molecule has 124 valence electrons. The lowest BCUT2D eigenvalue weighted by Gasteiger charge is -2.18. The molecule has 0 aliphatic carbocycles. The molecule has 0 unspecified atom stereocenters. The zero-order valence-corrected chi connectivity index (χ0v) is 13.6. The lowest BCUT2D eigenvalue weighted by Crippen LogP contribution is -2.21. The van der Waals surface area contributed by atoms with Gasteiger partial charge in [0.1, 0.15) is 0 Å². The first-order chi connectivity index (χ1) is 11.8.